The zero-order valence-corrected chi connectivity index (χ0v) is 18.2. The highest BCUT2D eigenvalue weighted by Gasteiger charge is 2.35. The van der Waals surface area contributed by atoms with Gasteiger partial charge in [-0.25, -0.2) is 4.98 Å². The number of nitrogens with one attached hydrogen (secondary N) is 1. The summed E-state index contributed by atoms with van der Waals surface area (Å²) in [7, 11) is 0. The van der Waals surface area contributed by atoms with E-state index in [4.69, 9.17) is 10.5 Å². The van der Waals surface area contributed by atoms with E-state index >= 15 is 0 Å². The molecule has 0 atom stereocenters. The number of morpholine rings is 1. The molecule has 3 rings (SSSR count). The molecule has 0 spiro atoms. The number of nitrogens with zero attached hydrogens (tertiary/aromatic N) is 2. The molecule has 2 heterocycles. The molecule has 27 heavy (non-hydrogen) atoms. The first-order valence-corrected chi connectivity index (χ1v) is 10.3. The van der Waals surface area contributed by atoms with Gasteiger partial charge in [-0.2, -0.15) is 0 Å². The smallest absolute Gasteiger partial charge is 0.270 e. The third-order valence-electron chi connectivity index (χ3n) is 5.34. The molecule has 1 aliphatic heterocycles. The van der Waals surface area contributed by atoms with E-state index in [0.29, 0.717) is 12.2 Å². The van der Waals surface area contributed by atoms with Gasteiger partial charge in [0.05, 0.1) is 18.2 Å². The summed E-state index contributed by atoms with van der Waals surface area (Å²) in [5.74, 6) is -0.0496. The number of hydrogen-bond acceptors (Lipinski definition) is 6. The van der Waals surface area contributed by atoms with E-state index in [1.165, 1.54) is 43.4 Å². The number of ether oxygens (including phenoxy) is 1. The highest BCUT2D eigenvalue weighted by molar-refractivity contribution is 7.09. The first kappa shape index (κ1) is 24.6. The molecular weight excluding hydrogens is 407 g/mol. The number of rotatable bonds is 7. The summed E-state index contributed by atoms with van der Waals surface area (Å²) in [6, 6.07) is 0. The van der Waals surface area contributed by atoms with Crippen molar-refractivity contribution in [3.8, 4) is 0 Å². The fourth-order valence-corrected chi connectivity index (χ4v) is 4.73. The zero-order valence-electron chi connectivity index (χ0n) is 15.8. The molecule has 0 radical (unpaired) electrons. The van der Waals surface area contributed by atoms with Crippen LogP contribution in [-0.2, 0) is 11.2 Å². The van der Waals surface area contributed by atoms with Crippen LogP contribution < -0.4 is 11.1 Å². The van der Waals surface area contributed by atoms with Gasteiger partial charge in [-0.1, -0.05) is 19.3 Å². The molecule has 3 N–H and O–H groups in total. The second kappa shape index (κ2) is 12.2. The first-order chi connectivity index (χ1) is 12.2. The largest absolute Gasteiger partial charge is 0.379 e. The predicted molar refractivity (Wildman–Crippen MR) is 114 cm³/mol. The van der Waals surface area contributed by atoms with Crippen LogP contribution in [0.2, 0.25) is 0 Å². The van der Waals surface area contributed by atoms with Crippen molar-refractivity contribution >= 4 is 42.1 Å². The number of hydrogen-bond donors (Lipinski definition) is 2. The topological polar surface area (TPSA) is 80.5 Å². The van der Waals surface area contributed by atoms with Crippen LogP contribution in [-0.4, -0.2) is 61.7 Å². The molecule has 1 saturated heterocycles. The highest BCUT2D eigenvalue weighted by atomic mass is 35.5. The SMILES string of the molecule is Cl.Cl.NCCc1nc(C(=O)NCC2(CN3CCOCC3)CCCCC2)cs1. The minimum absolute atomic E-state index is 0. The molecule has 156 valence electrons. The molecule has 1 amide bonds. The normalized spacial score (nSPS) is 19.6. The van der Waals surface area contributed by atoms with Crippen molar-refractivity contribution in [2.24, 2.45) is 11.1 Å². The Kier molecular flexibility index (Phi) is 11.1. The molecule has 2 fully saturated rings. The van der Waals surface area contributed by atoms with E-state index in [2.05, 4.69) is 15.2 Å². The second-order valence-corrected chi connectivity index (χ2v) is 8.24. The zero-order chi connectivity index (χ0) is 17.5. The van der Waals surface area contributed by atoms with Crippen molar-refractivity contribution in [3.05, 3.63) is 16.1 Å². The number of carbonyl (C=O) groups excluding carboxylic acids is 1. The third-order valence-corrected chi connectivity index (χ3v) is 6.25. The maximum absolute atomic E-state index is 12.5. The van der Waals surface area contributed by atoms with Crippen LogP contribution in [0.3, 0.4) is 0 Å². The van der Waals surface area contributed by atoms with Crippen molar-refractivity contribution in [1.29, 1.82) is 0 Å². The van der Waals surface area contributed by atoms with Gasteiger partial charge in [-0.05, 0) is 19.4 Å². The Labute approximate surface area is 178 Å². The highest BCUT2D eigenvalue weighted by Crippen LogP contribution is 2.36. The molecule has 2 aliphatic rings. The molecule has 0 bridgehead atoms. The molecule has 1 aromatic rings. The Morgan fingerprint density at radius 3 is 2.63 bits per heavy atom. The van der Waals surface area contributed by atoms with E-state index in [1.54, 1.807) is 0 Å². The van der Waals surface area contributed by atoms with Crippen molar-refractivity contribution in [3.63, 3.8) is 0 Å². The van der Waals surface area contributed by atoms with Gasteiger partial charge in [0.25, 0.3) is 5.91 Å². The quantitative estimate of drug-likeness (QED) is 0.683. The lowest BCUT2D eigenvalue weighted by atomic mass is 9.73. The van der Waals surface area contributed by atoms with Crippen LogP contribution in [0.5, 0.6) is 0 Å². The predicted octanol–water partition coefficient (Wildman–Crippen LogP) is 2.50. The third kappa shape index (κ3) is 7.15. The van der Waals surface area contributed by atoms with E-state index in [0.717, 1.165) is 50.8 Å². The van der Waals surface area contributed by atoms with Gasteiger partial charge in [0.1, 0.15) is 5.69 Å². The first-order valence-electron chi connectivity index (χ1n) is 9.44. The average molecular weight is 439 g/mol. The summed E-state index contributed by atoms with van der Waals surface area (Å²) in [5.41, 5.74) is 6.29. The summed E-state index contributed by atoms with van der Waals surface area (Å²) in [6.45, 7) is 6.03. The Morgan fingerprint density at radius 2 is 1.96 bits per heavy atom. The van der Waals surface area contributed by atoms with Crippen LogP contribution in [0.25, 0.3) is 0 Å². The Hall–Kier alpha value is -0.440. The molecule has 6 nitrogen and oxygen atoms in total. The molecular formula is C18H32Cl2N4O2S. The number of amides is 1. The number of thiazole rings is 1. The molecule has 0 unspecified atom stereocenters. The molecule has 9 heteroatoms. The van der Waals surface area contributed by atoms with Crippen molar-refractivity contribution in [2.75, 3.05) is 45.9 Å². The lowest BCUT2D eigenvalue weighted by Crippen LogP contribution is -2.49. The summed E-state index contributed by atoms with van der Waals surface area (Å²) in [6.07, 6.45) is 6.96. The van der Waals surface area contributed by atoms with Crippen LogP contribution in [0.1, 0.15) is 47.6 Å². The van der Waals surface area contributed by atoms with Gasteiger partial charge in [0.2, 0.25) is 0 Å². The van der Waals surface area contributed by atoms with Crippen molar-refractivity contribution in [2.45, 2.75) is 38.5 Å². The summed E-state index contributed by atoms with van der Waals surface area (Å²) in [4.78, 5) is 19.4. The standard InChI is InChI=1S/C18H30N4O2S.2ClH/c19-7-4-16-21-15(12-25-16)17(23)20-13-18(5-2-1-3-6-18)14-22-8-10-24-11-9-22;;/h12H,1-11,13-14,19H2,(H,20,23);2*1H. The van der Waals surface area contributed by atoms with Crippen LogP contribution in [0, 0.1) is 5.41 Å². The number of carbonyl (C=O) groups is 1. The Morgan fingerprint density at radius 1 is 1.26 bits per heavy atom. The van der Waals surface area contributed by atoms with E-state index in [-0.39, 0.29) is 36.1 Å². The lowest BCUT2D eigenvalue weighted by molar-refractivity contribution is 0.00727. The van der Waals surface area contributed by atoms with Gasteiger partial charge >= 0.3 is 0 Å². The van der Waals surface area contributed by atoms with E-state index in [9.17, 15) is 4.79 Å². The van der Waals surface area contributed by atoms with Crippen molar-refractivity contribution < 1.29 is 9.53 Å². The van der Waals surface area contributed by atoms with Crippen LogP contribution in [0.4, 0.5) is 0 Å². The minimum atomic E-state index is -0.0496. The second-order valence-electron chi connectivity index (χ2n) is 7.30. The van der Waals surface area contributed by atoms with Gasteiger partial charge in [-0.15, -0.1) is 36.2 Å². The molecule has 1 aromatic heterocycles. The lowest BCUT2D eigenvalue weighted by Gasteiger charge is -2.42. The maximum Gasteiger partial charge on any atom is 0.270 e. The monoisotopic (exact) mass is 438 g/mol. The van der Waals surface area contributed by atoms with E-state index < -0.39 is 0 Å². The van der Waals surface area contributed by atoms with Gasteiger partial charge < -0.3 is 15.8 Å². The Bertz CT molecular complexity index is 561. The molecule has 1 aliphatic carbocycles. The molecule has 1 saturated carbocycles. The molecule has 0 aromatic carbocycles. The minimum Gasteiger partial charge on any atom is -0.379 e. The summed E-state index contributed by atoms with van der Waals surface area (Å²) in [5, 5.41) is 5.95. The van der Waals surface area contributed by atoms with Gasteiger partial charge in [0, 0.05) is 43.4 Å². The van der Waals surface area contributed by atoms with Crippen molar-refractivity contribution in [1.82, 2.24) is 15.2 Å². The Balaban J connectivity index is 0.00000182. The van der Waals surface area contributed by atoms with Crippen LogP contribution >= 0.6 is 36.2 Å². The summed E-state index contributed by atoms with van der Waals surface area (Å²) < 4.78 is 5.47. The fourth-order valence-electron chi connectivity index (χ4n) is 3.94. The fraction of sp³-hybridized carbons (Fsp3) is 0.778. The number of halogens is 2. The van der Waals surface area contributed by atoms with E-state index in [1.807, 2.05) is 5.38 Å². The van der Waals surface area contributed by atoms with Gasteiger partial charge in [0.15, 0.2) is 0 Å². The maximum atomic E-state index is 12.5. The van der Waals surface area contributed by atoms with Crippen LogP contribution in [0.15, 0.2) is 5.38 Å². The summed E-state index contributed by atoms with van der Waals surface area (Å²) >= 11 is 1.52. The van der Waals surface area contributed by atoms with Gasteiger partial charge in [-0.3, -0.25) is 9.69 Å². The average Bonchev–Trinajstić information content (AvgIpc) is 3.11. The number of aromatic nitrogens is 1. The number of nitrogens with two attached hydrogens (primary N) is 1.